The fourth-order valence-electron chi connectivity index (χ4n) is 9.53. The van der Waals surface area contributed by atoms with E-state index in [0.29, 0.717) is 45.1 Å². The summed E-state index contributed by atoms with van der Waals surface area (Å²) in [7, 11) is 0. The van der Waals surface area contributed by atoms with Crippen LogP contribution in [0.5, 0.6) is 11.5 Å². The van der Waals surface area contributed by atoms with E-state index in [-0.39, 0.29) is 49.6 Å². The van der Waals surface area contributed by atoms with Crippen LogP contribution in [0.25, 0.3) is 10.9 Å². The zero-order valence-electron chi connectivity index (χ0n) is 35.3. The molecule has 0 bridgehead atoms. The molecule has 4 aliphatic heterocycles. The van der Waals surface area contributed by atoms with Gasteiger partial charge >= 0.3 is 11.9 Å². The first-order chi connectivity index (χ1) is 27.8. The molecule has 5 aliphatic rings. The van der Waals surface area contributed by atoms with E-state index in [1.165, 1.54) is 0 Å². The van der Waals surface area contributed by atoms with Crippen LogP contribution < -0.4 is 9.47 Å². The van der Waals surface area contributed by atoms with Gasteiger partial charge in [-0.1, -0.05) is 31.9 Å². The summed E-state index contributed by atoms with van der Waals surface area (Å²) >= 11 is 0. The van der Waals surface area contributed by atoms with Crippen LogP contribution in [-0.2, 0) is 46.2 Å². The molecule has 1 spiro atoms. The molecule has 1 aromatic carbocycles. The molecular formula is C46H63N3O9. The van der Waals surface area contributed by atoms with E-state index in [4.69, 9.17) is 28.7 Å². The second-order valence-electron chi connectivity index (χ2n) is 18.1. The molecule has 316 valence electrons. The zero-order valence-corrected chi connectivity index (χ0v) is 35.3. The molecule has 3 fully saturated rings. The maximum atomic E-state index is 14.9. The number of aryl methyl sites for hydroxylation is 2. The molecule has 5 atom stereocenters. The van der Waals surface area contributed by atoms with Crippen molar-refractivity contribution in [3.8, 4) is 11.5 Å². The molecule has 58 heavy (non-hydrogen) atoms. The predicted molar refractivity (Wildman–Crippen MR) is 219 cm³/mol. The van der Waals surface area contributed by atoms with Crippen molar-refractivity contribution in [2.24, 2.45) is 17.3 Å². The van der Waals surface area contributed by atoms with Crippen molar-refractivity contribution in [1.82, 2.24) is 14.8 Å². The Hall–Kier alpha value is -4.03. The molecular weight excluding hydrogens is 739 g/mol. The number of amides is 1. The monoisotopic (exact) mass is 801 g/mol. The number of rotatable bonds is 9. The topological polar surface area (TPSA) is 134 Å². The van der Waals surface area contributed by atoms with E-state index in [1.807, 2.05) is 32.9 Å². The largest absolute Gasteiger partial charge is 0.492 e. The first-order valence-electron chi connectivity index (χ1n) is 21.8. The van der Waals surface area contributed by atoms with Crippen molar-refractivity contribution >= 4 is 34.5 Å². The number of hydrogen-bond acceptors (Lipinski definition) is 11. The van der Waals surface area contributed by atoms with Crippen LogP contribution >= 0.6 is 0 Å². The summed E-state index contributed by atoms with van der Waals surface area (Å²) in [4.78, 5) is 65.5. The van der Waals surface area contributed by atoms with Gasteiger partial charge in [0, 0.05) is 49.3 Å². The lowest BCUT2D eigenvalue weighted by Gasteiger charge is -2.37. The van der Waals surface area contributed by atoms with Gasteiger partial charge in [0.1, 0.15) is 29.3 Å². The van der Waals surface area contributed by atoms with Crippen LogP contribution in [0.15, 0.2) is 30.4 Å². The lowest BCUT2D eigenvalue weighted by atomic mass is 9.85. The quantitative estimate of drug-likeness (QED) is 0.202. The standard InChI is InChI=1S/C46H63N3O9/c1-6-36-41-34(35-26-33(15-16-37(35)47-36)56-24-21-48-19-22-54-23-20-48)17-18-45(58-41)28-38-39(50)29-46(43(53)55-7-2)27-32(46)14-12-10-8-9-11-13-31(42(52)49(38)30-45)25-40(51)57-44(3,4)5/h12,14-16,26,31-32,38H,6-11,13,17-25,27-30H2,1-5H3/b14-12-/t31-,32-,38+,45-,46-/m1/s1. The Morgan fingerprint density at radius 2 is 1.86 bits per heavy atom. The number of hydrogen-bond donors (Lipinski definition) is 0. The van der Waals surface area contributed by atoms with Crippen molar-refractivity contribution in [3.63, 3.8) is 0 Å². The van der Waals surface area contributed by atoms with E-state index in [9.17, 15) is 19.2 Å². The highest BCUT2D eigenvalue weighted by Gasteiger charge is 2.62. The highest BCUT2D eigenvalue weighted by atomic mass is 16.6. The minimum Gasteiger partial charge on any atom is -0.492 e. The summed E-state index contributed by atoms with van der Waals surface area (Å²) in [6, 6.07) is 5.23. The van der Waals surface area contributed by atoms with Gasteiger partial charge in [0.15, 0.2) is 5.78 Å². The molecule has 12 heteroatoms. The Morgan fingerprint density at radius 1 is 1.05 bits per heavy atom. The molecule has 5 heterocycles. The third kappa shape index (κ3) is 9.38. The summed E-state index contributed by atoms with van der Waals surface area (Å²) in [5, 5.41) is 0.979. The molecule has 1 amide bonds. The highest BCUT2D eigenvalue weighted by molar-refractivity contribution is 5.96. The smallest absolute Gasteiger partial charge is 0.313 e. The molecule has 0 unspecified atom stereocenters. The van der Waals surface area contributed by atoms with Crippen LogP contribution in [0.1, 0.15) is 110 Å². The molecule has 0 N–H and O–H groups in total. The van der Waals surface area contributed by atoms with Crippen molar-refractivity contribution in [2.45, 2.75) is 129 Å². The van der Waals surface area contributed by atoms with Crippen LogP contribution in [0.3, 0.4) is 0 Å². The van der Waals surface area contributed by atoms with Crippen molar-refractivity contribution < 1.29 is 42.9 Å². The Kier molecular flexibility index (Phi) is 12.8. The summed E-state index contributed by atoms with van der Waals surface area (Å²) in [6.07, 6.45) is 10.8. The molecule has 12 nitrogen and oxygen atoms in total. The molecule has 2 saturated heterocycles. The lowest BCUT2D eigenvalue weighted by Crippen LogP contribution is -2.47. The minimum absolute atomic E-state index is 0.0145. The van der Waals surface area contributed by atoms with Gasteiger partial charge in [0.2, 0.25) is 5.91 Å². The van der Waals surface area contributed by atoms with Crippen LogP contribution in [0, 0.1) is 17.3 Å². The van der Waals surface area contributed by atoms with Gasteiger partial charge in [-0.15, -0.1) is 0 Å². The Morgan fingerprint density at radius 3 is 2.62 bits per heavy atom. The predicted octanol–water partition coefficient (Wildman–Crippen LogP) is 6.57. The number of aromatic nitrogens is 1. The third-order valence-corrected chi connectivity index (χ3v) is 12.7. The van der Waals surface area contributed by atoms with E-state index in [2.05, 4.69) is 30.0 Å². The molecule has 1 aromatic heterocycles. The highest BCUT2D eigenvalue weighted by Crippen LogP contribution is 2.58. The number of fused-ring (bicyclic) bond motifs is 5. The minimum atomic E-state index is -0.940. The van der Waals surface area contributed by atoms with Gasteiger partial charge in [-0.3, -0.25) is 24.1 Å². The number of benzene rings is 1. The number of pyridine rings is 1. The number of ether oxygens (including phenoxy) is 5. The van der Waals surface area contributed by atoms with Gasteiger partial charge in [0.25, 0.3) is 0 Å². The number of esters is 2. The lowest BCUT2D eigenvalue weighted by molar-refractivity contribution is -0.159. The summed E-state index contributed by atoms with van der Waals surface area (Å²) < 4.78 is 30.1. The second kappa shape index (κ2) is 17.7. The molecule has 2 aromatic rings. The van der Waals surface area contributed by atoms with E-state index in [1.54, 1.807) is 11.8 Å². The maximum Gasteiger partial charge on any atom is 0.313 e. The van der Waals surface area contributed by atoms with Crippen LogP contribution in [0.2, 0.25) is 0 Å². The number of allylic oxidation sites excluding steroid dienone is 2. The molecule has 0 radical (unpaired) electrons. The first-order valence-corrected chi connectivity index (χ1v) is 21.8. The second-order valence-corrected chi connectivity index (χ2v) is 18.1. The number of carbonyl (C=O) groups is 4. The van der Waals surface area contributed by atoms with E-state index in [0.717, 1.165) is 92.2 Å². The maximum absolute atomic E-state index is 14.9. The van der Waals surface area contributed by atoms with Gasteiger partial charge < -0.3 is 28.6 Å². The van der Waals surface area contributed by atoms with Crippen LogP contribution in [0.4, 0.5) is 0 Å². The van der Waals surface area contributed by atoms with E-state index < -0.39 is 34.5 Å². The summed E-state index contributed by atoms with van der Waals surface area (Å²) in [6.45, 7) is 14.4. The molecule has 7 rings (SSSR count). The summed E-state index contributed by atoms with van der Waals surface area (Å²) in [5.74, 6) is -0.419. The Balaban J connectivity index is 1.19. The van der Waals surface area contributed by atoms with Crippen molar-refractivity contribution in [1.29, 1.82) is 0 Å². The number of Topliss-reactive ketones (excluding diaryl/α,β-unsaturated/α-hetero) is 1. The zero-order chi connectivity index (χ0) is 41.1. The van der Waals surface area contributed by atoms with Gasteiger partial charge in [-0.25, -0.2) is 4.98 Å². The van der Waals surface area contributed by atoms with Crippen molar-refractivity contribution in [2.75, 3.05) is 52.6 Å². The Labute approximate surface area is 343 Å². The molecule has 1 saturated carbocycles. The van der Waals surface area contributed by atoms with Crippen molar-refractivity contribution in [3.05, 3.63) is 41.6 Å². The normalized spacial score (nSPS) is 28.7. The fourth-order valence-corrected chi connectivity index (χ4v) is 9.53. The van der Waals surface area contributed by atoms with Gasteiger partial charge in [-0.05, 0) is 96.8 Å². The van der Waals surface area contributed by atoms with E-state index >= 15 is 0 Å². The number of carbonyl (C=O) groups excluding carboxylic acids is 4. The van der Waals surface area contributed by atoms with Gasteiger partial charge in [-0.2, -0.15) is 0 Å². The first kappa shape index (κ1) is 42.1. The number of morpholine rings is 1. The third-order valence-electron chi connectivity index (χ3n) is 12.7. The SMILES string of the molecule is CCOC(=O)[C@]12CC(=O)[C@@H]3C[C@]4(CCc5c(c(CC)nc6ccc(OCCN7CCOCC7)cc56)O4)CN3C(=O)[C@@H](CC(=O)OC(C)(C)C)CCCCC/C=C\[C@@H]1C2. The summed E-state index contributed by atoms with van der Waals surface area (Å²) in [5.41, 5.74) is 0.286. The molecule has 1 aliphatic carbocycles. The number of nitrogens with zero attached hydrogens (tertiary/aromatic N) is 3. The van der Waals surface area contributed by atoms with Gasteiger partial charge in [0.05, 0.1) is 55.5 Å². The Bertz CT molecular complexity index is 1880. The number of ketones is 1. The fraction of sp³-hybridized carbons (Fsp3) is 0.674. The van der Waals surface area contributed by atoms with Crippen LogP contribution in [-0.4, -0.2) is 108 Å². The average molecular weight is 802 g/mol. The average Bonchev–Trinajstić information content (AvgIpc) is 3.77.